The molecule has 1 atom stereocenters. The molecule has 0 saturated carbocycles. The minimum atomic E-state index is 0.327. The molecule has 0 radical (unpaired) electrons. The fourth-order valence-corrected chi connectivity index (χ4v) is 3.14. The van der Waals surface area contributed by atoms with Crippen molar-refractivity contribution >= 4 is 15.9 Å². The Labute approximate surface area is 125 Å². The van der Waals surface area contributed by atoms with E-state index in [-0.39, 0.29) is 0 Å². The van der Waals surface area contributed by atoms with Crippen LogP contribution in [0.25, 0.3) is 0 Å². The highest BCUT2D eigenvalue weighted by molar-refractivity contribution is 9.09. The standard InChI is InChI=1S/C16H24BrNO/c1-3-4-8-18(9-7-17)12-15-11-14-10-13(2)5-6-16(14)19-15/h5-6,10,15H,3-4,7-9,11-12H2,1-2H3. The molecule has 0 aliphatic carbocycles. The average Bonchev–Trinajstić information content (AvgIpc) is 2.77. The lowest BCUT2D eigenvalue weighted by Gasteiger charge is -2.24. The molecule has 3 heteroatoms. The van der Waals surface area contributed by atoms with Crippen LogP contribution in [0.4, 0.5) is 0 Å². The summed E-state index contributed by atoms with van der Waals surface area (Å²) < 4.78 is 6.06. The number of hydrogen-bond acceptors (Lipinski definition) is 2. The van der Waals surface area contributed by atoms with Gasteiger partial charge in [0.1, 0.15) is 11.9 Å². The largest absolute Gasteiger partial charge is 0.488 e. The number of unbranched alkanes of at least 4 members (excludes halogenated alkanes) is 1. The normalized spacial score (nSPS) is 17.6. The lowest BCUT2D eigenvalue weighted by atomic mass is 10.1. The van der Waals surface area contributed by atoms with E-state index in [1.54, 1.807) is 0 Å². The molecule has 0 saturated heterocycles. The van der Waals surface area contributed by atoms with Crippen LogP contribution in [0.1, 0.15) is 30.9 Å². The van der Waals surface area contributed by atoms with Crippen molar-refractivity contribution in [2.24, 2.45) is 0 Å². The molecule has 0 fully saturated rings. The maximum absolute atomic E-state index is 6.06. The van der Waals surface area contributed by atoms with Crippen LogP contribution in [0, 0.1) is 6.92 Å². The van der Waals surface area contributed by atoms with Crippen molar-refractivity contribution in [2.45, 2.75) is 39.2 Å². The number of halogens is 1. The fraction of sp³-hybridized carbons (Fsp3) is 0.625. The first-order chi connectivity index (χ1) is 9.22. The molecule has 0 spiro atoms. The van der Waals surface area contributed by atoms with Crippen LogP contribution < -0.4 is 4.74 Å². The first kappa shape index (κ1) is 14.9. The molecule has 2 nitrogen and oxygen atoms in total. The lowest BCUT2D eigenvalue weighted by molar-refractivity contribution is 0.154. The second-order valence-electron chi connectivity index (χ2n) is 5.40. The van der Waals surface area contributed by atoms with Crippen molar-refractivity contribution in [3.8, 4) is 5.75 Å². The van der Waals surface area contributed by atoms with E-state index in [0.717, 1.165) is 30.6 Å². The first-order valence-electron chi connectivity index (χ1n) is 7.27. The van der Waals surface area contributed by atoms with Crippen molar-refractivity contribution in [1.29, 1.82) is 0 Å². The SMILES string of the molecule is CCCCN(CCBr)CC1Cc2cc(C)ccc2O1. The van der Waals surface area contributed by atoms with E-state index < -0.39 is 0 Å². The third kappa shape index (κ3) is 4.22. The third-order valence-electron chi connectivity index (χ3n) is 3.65. The zero-order chi connectivity index (χ0) is 13.7. The van der Waals surface area contributed by atoms with Gasteiger partial charge in [-0.05, 0) is 31.5 Å². The number of ether oxygens (including phenoxy) is 1. The van der Waals surface area contributed by atoms with Crippen LogP contribution >= 0.6 is 15.9 Å². The number of fused-ring (bicyclic) bond motifs is 1. The smallest absolute Gasteiger partial charge is 0.123 e. The van der Waals surface area contributed by atoms with E-state index in [1.165, 1.54) is 30.5 Å². The van der Waals surface area contributed by atoms with Crippen LogP contribution in [0.3, 0.4) is 0 Å². The van der Waals surface area contributed by atoms with Gasteiger partial charge in [0, 0.05) is 24.8 Å². The number of hydrogen-bond donors (Lipinski definition) is 0. The molecule has 0 N–H and O–H groups in total. The second kappa shape index (κ2) is 7.30. The highest BCUT2D eigenvalue weighted by Gasteiger charge is 2.24. The molecule has 1 aliphatic heterocycles. The summed E-state index contributed by atoms with van der Waals surface area (Å²) in [6.07, 6.45) is 3.91. The van der Waals surface area contributed by atoms with Gasteiger partial charge in [0.2, 0.25) is 0 Å². The Hall–Kier alpha value is -0.540. The van der Waals surface area contributed by atoms with E-state index in [9.17, 15) is 0 Å². The summed E-state index contributed by atoms with van der Waals surface area (Å²) in [6, 6.07) is 6.51. The number of aryl methyl sites for hydroxylation is 1. The Kier molecular flexibility index (Phi) is 5.71. The zero-order valence-corrected chi connectivity index (χ0v) is 13.6. The lowest BCUT2D eigenvalue weighted by Crippen LogP contribution is -2.36. The van der Waals surface area contributed by atoms with Crippen molar-refractivity contribution in [1.82, 2.24) is 4.90 Å². The zero-order valence-electron chi connectivity index (χ0n) is 12.0. The summed E-state index contributed by atoms with van der Waals surface area (Å²) in [5.74, 6) is 1.09. The van der Waals surface area contributed by atoms with Gasteiger partial charge in [-0.25, -0.2) is 0 Å². The average molecular weight is 326 g/mol. The van der Waals surface area contributed by atoms with Gasteiger partial charge < -0.3 is 4.74 Å². The Morgan fingerprint density at radius 3 is 2.95 bits per heavy atom. The minimum absolute atomic E-state index is 0.327. The van der Waals surface area contributed by atoms with Crippen LogP contribution in [0.15, 0.2) is 18.2 Å². The molecule has 1 aromatic rings. The molecular formula is C16H24BrNO. The molecule has 0 aromatic heterocycles. The minimum Gasteiger partial charge on any atom is -0.488 e. The Morgan fingerprint density at radius 2 is 2.21 bits per heavy atom. The van der Waals surface area contributed by atoms with Crippen LogP contribution in [0.2, 0.25) is 0 Å². The van der Waals surface area contributed by atoms with Gasteiger partial charge in [-0.3, -0.25) is 4.90 Å². The summed E-state index contributed by atoms with van der Waals surface area (Å²) >= 11 is 3.55. The quantitative estimate of drug-likeness (QED) is 0.707. The number of rotatable bonds is 7. The highest BCUT2D eigenvalue weighted by atomic mass is 79.9. The maximum Gasteiger partial charge on any atom is 0.123 e. The van der Waals surface area contributed by atoms with E-state index in [0.29, 0.717) is 6.10 Å². The second-order valence-corrected chi connectivity index (χ2v) is 6.19. The first-order valence-corrected chi connectivity index (χ1v) is 8.39. The number of alkyl halides is 1. The molecule has 1 aromatic carbocycles. The summed E-state index contributed by atoms with van der Waals surface area (Å²) in [7, 11) is 0. The maximum atomic E-state index is 6.06. The molecular weight excluding hydrogens is 302 g/mol. The summed E-state index contributed by atoms with van der Waals surface area (Å²) in [6.45, 7) is 7.72. The van der Waals surface area contributed by atoms with Gasteiger partial charge >= 0.3 is 0 Å². The van der Waals surface area contributed by atoms with Crippen molar-refractivity contribution in [2.75, 3.05) is 25.0 Å². The van der Waals surface area contributed by atoms with Crippen LogP contribution in [0.5, 0.6) is 5.75 Å². The van der Waals surface area contributed by atoms with E-state index in [1.807, 2.05) is 0 Å². The summed E-state index contributed by atoms with van der Waals surface area (Å²) in [4.78, 5) is 2.52. The van der Waals surface area contributed by atoms with Gasteiger partial charge in [0.05, 0.1) is 0 Å². The van der Waals surface area contributed by atoms with Crippen LogP contribution in [-0.4, -0.2) is 36.0 Å². The molecule has 2 rings (SSSR count). The fourth-order valence-electron chi connectivity index (χ4n) is 2.63. The van der Waals surface area contributed by atoms with Gasteiger partial charge in [-0.1, -0.05) is 47.0 Å². The Bertz CT molecular complexity index is 408. The van der Waals surface area contributed by atoms with E-state index in [4.69, 9.17) is 4.74 Å². The predicted molar refractivity (Wildman–Crippen MR) is 84.4 cm³/mol. The number of nitrogens with zero attached hydrogens (tertiary/aromatic N) is 1. The van der Waals surface area contributed by atoms with Crippen molar-refractivity contribution < 1.29 is 4.74 Å². The van der Waals surface area contributed by atoms with E-state index in [2.05, 4.69) is 52.9 Å². The molecule has 19 heavy (non-hydrogen) atoms. The number of benzene rings is 1. The summed E-state index contributed by atoms with van der Waals surface area (Å²) in [5, 5.41) is 1.04. The topological polar surface area (TPSA) is 12.5 Å². The van der Waals surface area contributed by atoms with Gasteiger partial charge in [-0.2, -0.15) is 0 Å². The Morgan fingerprint density at radius 1 is 1.37 bits per heavy atom. The van der Waals surface area contributed by atoms with Crippen LogP contribution in [-0.2, 0) is 6.42 Å². The molecule has 106 valence electrons. The monoisotopic (exact) mass is 325 g/mol. The van der Waals surface area contributed by atoms with Gasteiger partial charge in [-0.15, -0.1) is 0 Å². The van der Waals surface area contributed by atoms with Gasteiger partial charge in [0.25, 0.3) is 0 Å². The Balaban J connectivity index is 1.90. The highest BCUT2D eigenvalue weighted by Crippen LogP contribution is 2.29. The van der Waals surface area contributed by atoms with Crippen molar-refractivity contribution in [3.63, 3.8) is 0 Å². The van der Waals surface area contributed by atoms with E-state index >= 15 is 0 Å². The molecule has 1 aliphatic rings. The summed E-state index contributed by atoms with van der Waals surface area (Å²) in [5.41, 5.74) is 2.70. The van der Waals surface area contributed by atoms with Gasteiger partial charge in [0.15, 0.2) is 0 Å². The molecule has 1 heterocycles. The van der Waals surface area contributed by atoms with Crippen molar-refractivity contribution in [3.05, 3.63) is 29.3 Å². The third-order valence-corrected chi connectivity index (χ3v) is 4.00. The predicted octanol–water partition coefficient (Wildman–Crippen LogP) is 3.80. The molecule has 0 bridgehead atoms. The molecule has 0 amide bonds. The molecule has 1 unspecified atom stereocenters.